The van der Waals surface area contributed by atoms with Crippen molar-refractivity contribution in [1.29, 1.82) is 5.26 Å². The molecule has 1 atom stereocenters. The molecule has 0 spiro atoms. The maximum atomic E-state index is 8.82. The van der Waals surface area contributed by atoms with Crippen LogP contribution in [0.3, 0.4) is 0 Å². The van der Waals surface area contributed by atoms with Gasteiger partial charge < -0.3 is 5.32 Å². The van der Waals surface area contributed by atoms with Gasteiger partial charge in [0.15, 0.2) is 0 Å². The Balaban J connectivity index is 2.64. The Morgan fingerprint density at radius 3 is 2.69 bits per heavy atom. The summed E-state index contributed by atoms with van der Waals surface area (Å²) in [7, 11) is 0. The van der Waals surface area contributed by atoms with Crippen LogP contribution in [0.25, 0.3) is 0 Å². The van der Waals surface area contributed by atoms with E-state index >= 15 is 0 Å². The smallest absolute Gasteiger partial charge is 0.126 e. The Morgan fingerprint density at radius 1 is 1.46 bits per heavy atom. The zero-order chi connectivity index (χ0) is 9.68. The van der Waals surface area contributed by atoms with Gasteiger partial charge in [-0.3, -0.25) is 0 Å². The molecule has 3 nitrogen and oxygen atoms in total. The summed E-state index contributed by atoms with van der Waals surface area (Å²) in [4.78, 5) is 4.09. The van der Waals surface area contributed by atoms with E-state index in [1.807, 2.05) is 32.0 Å². The summed E-state index contributed by atoms with van der Waals surface area (Å²) >= 11 is 0. The fraction of sp³-hybridized carbons (Fsp3) is 0.400. The van der Waals surface area contributed by atoms with Gasteiger partial charge in [-0.25, -0.2) is 4.98 Å². The highest BCUT2D eigenvalue weighted by atomic mass is 15.0. The first kappa shape index (κ1) is 9.53. The molecule has 0 radical (unpaired) electrons. The topological polar surface area (TPSA) is 48.7 Å². The second kappa shape index (κ2) is 4.46. The summed E-state index contributed by atoms with van der Waals surface area (Å²) in [5, 5.41) is 11.9. The van der Waals surface area contributed by atoms with Gasteiger partial charge in [-0.05, 0) is 18.1 Å². The number of nitriles is 1. The van der Waals surface area contributed by atoms with Gasteiger partial charge in [0.05, 0.1) is 6.07 Å². The van der Waals surface area contributed by atoms with Crippen molar-refractivity contribution in [2.24, 2.45) is 5.92 Å². The summed E-state index contributed by atoms with van der Waals surface area (Å²) in [6.07, 6.45) is 1.71. The van der Waals surface area contributed by atoms with Crippen LogP contribution in [0.15, 0.2) is 24.4 Å². The molecular formula is C10H13N3. The molecule has 0 aliphatic carbocycles. The van der Waals surface area contributed by atoms with E-state index in [0.717, 1.165) is 5.82 Å². The van der Waals surface area contributed by atoms with Gasteiger partial charge in [0.2, 0.25) is 0 Å². The van der Waals surface area contributed by atoms with E-state index in [4.69, 9.17) is 5.26 Å². The summed E-state index contributed by atoms with van der Waals surface area (Å²) in [6.45, 7) is 4.01. The van der Waals surface area contributed by atoms with Crippen molar-refractivity contribution in [1.82, 2.24) is 4.98 Å². The van der Waals surface area contributed by atoms with Crippen molar-refractivity contribution in [2.45, 2.75) is 19.9 Å². The first-order chi connectivity index (χ1) is 6.24. The molecular weight excluding hydrogens is 162 g/mol. The van der Waals surface area contributed by atoms with E-state index in [2.05, 4.69) is 16.4 Å². The van der Waals surface area contributed by atoms with Crippen LogP contribution in [0, 0.1) is 17.2 Å². The highest BCUT2D eigenvalue weighted by Crippen LogP contribution is 2.08. The van der Waals surface area contributed by atoms with Crippen LogP contribution in [0.2, 0.25) is 0 Å². The Labute approximate surface area is 78.4 Å². The fourth-order valence-corrected chi connectivity index (χ4v) is 0.955. The van der Waals surface area contributed by atoms with Crippen molar-refractivity contribution in [2.75, 3.05) is 5.32 Å². The predicted molar refractivity (Wildman–Crippen MR) is 52.1 cm³/mol. The molecule has 0 aromatic carbocycles. The Morgan fingerprint density at radius 2 is 2.23 bits per heavy atom. The van der Waals surface area contributed by atoms with Gasteiger partial charge in [-0.2, -0.15) is 5.26 Å². The largest absolute Gasteiger partial charge is 0.354 e. The molecule has 0 aliphatic heterocycles. The third-order valence-corrected chi connectivity index (χ3v) is 1.77. The number of hydrogen-bond acceptors (Lipinski definition) is 3. The lowest BCUT2D eigenvalue weighted by molar-refractivity contribution is 0.607. The van der Waals surface area contributed by atoms with Crippen LogP contribution in [-0.4, -0.2) is 11.0 Å². The average molecular weight is 175 g/mol. The highest BCUT2D eigenvalue weighted by Gasteiger charge is 2.11. The van der Waals surface area contributed by atoms with Crippen molar-refractivity contribution >= 4 is 5.82 Å². The maximum Gasteiger partial charge on any atom is 0.126 e. The normalized spacial score (nSPS) is 12.2. The molecule has 13 heavy (non-hydrogen) atoms. The van der Waals surface area contributed by atoms with Gasteiger partial charge >= 0.3 is 0 Å². The molecule has 1 aromatic rings. The Kier molecular flexibility index (Phi) is 3.27. The monoisotopic (exact) mass is 175 g/mol. The molecule has 0 fully saturated rings. The first-order valence-corrected chi connectivity index (χ1v) is 4.31. The van der Waals surface area contributed by atoms with Crippen LogP contribution < -0.4 is 5.32 Å². The SMILES string of the molecule is CC(C)C(C#N)Nc1ccccn1. The lowest BCUT2D eigenvalue weighted by atomic mass is 10.1. The molecule has 68 valence electrons. The summed E-state index contributed by atoms with van der Waals surface area (Å²) in [5.41, 5.74) is 0. The third kappa shape index (κ3) is 2.75. The van der Waals surface area contributed by atoms with Gasteiger partial charge in [-0.1, -0.05) is 19.9 Å². The minimum atomic E-state index is -0.171. The highest BCUT2D eigenvalue weighted by molar-refractivity contribution is 5.36. The molecule has 1 rings (SSSR count). The average Bonchev–Trinajstić information content (AvgIpc) is 2.15. The molecule has 0 saturated heterocycles. The zero-order valence-corrected chi connectivity index (χ0v) is 7.86. The third-order valence-electron chi connectivity index (χ3n) is 1.77. The second-order valence-corrected chi connectivity index (χ2v) is 3.21. The predicted octanol–water partition coefficient (Wildman–Crippen LogP) is 2.04. The number of rotatable bonds is 3. The van der Waals surface area contributed by atoms with Crippen molar-refractivity contribution in [3.05, 3.63) is 24.4 Å². The number of anilines is 1. The lowest BCUT2D eigenvalue weighted by Crippen LogP contribution is -2.23. The number of nitrogens with zero attached hydrogens (tertiary/aromatic N) is 2. The molecule has 0 bridgehead atoms. The van der Waals surface area contributed by atoms with Gasteiger partial charge in [0.1, 0.15) is 11.9 Å². The lowest BCUT2D eigenvalue weighted by Gasteiger charge is -2.14. The van der Waals surface area contributed by atoms with Gasteiger partial charge in [-0.15, -0.1) is 0 Å². The van der Waals surface area contributed by atoms with Crippen LogP contribution in [0.5, 0.6) is 0 Å². The molecule has 1 heterocycles. The first-order valence-electron chi connectivity index (χ1n) is 4.31. The fourth-order valence-electron chi connectivity index (χ4n) is 0.955. The van der Waals surface area contributed by atoms with E-state index in [9.17, 15) is 0 Å². The van der Waals surface area contributed by atoms with Crippen molar-refractivity contribution in [3.63, 3.8) is 0 Å². The van der Waals surface area contributed by atoms with E-state index < -0.39 is 0 Å². The van der Waals surface area contributed by atoms with E-state index in [1.165, 1.54) is 0 Å². The Hall–Kier alpha value is -1.56. The van der Waals surface area contributed by atoms with Gasteiger partial charge in [0, 0.05) is 6.20 Å². The minimum absolute atomic E-state index is 0.171. The van der Waals surface area contributed by atoms with E-state index in [-0.39, 0.29) is 12.0 Å². The molecule has 1 aromatic heterocycles. The Bertz CT molecular complexity index is 287. The van der Waals surface area contributed by atoms with Crippen molar-refractivity contribution in [3.8, 4) is 6.07 Å². The number of pyridine rings is 1. The number of nitrogens with one attached hydrogen (secondary N) is 1. The number of hydrogen-bond donors (Lipinski definition) is 1. The molecule has 1 N–H and O–H groups in total. The van der Waals surface area contributed by atoms with Crippen molar-refractivity contribution < 1.29 is 0 Å². The minimum Gasteiger partial charge on any atom is -0.354 e. The summed E-state index contributed by atoms with van der Waals surface area (Å²) in [5.74, 6) is 1.04. The van der Waals surface area contributed by atoms with Crippen LogP contribution >= 0.6 is 0 Å². The molecule has 0 aliphatic rings. The zero-order valence-electron chi connectivity index (χ0n) is 7.86. The second-order valence-electron chi connectivity index (χ2n) is 3.21. The van der Waals surface area contributed by atoms with E-state index in [0.29, 0.717) is 0 Å². The molecule has 0 amide bonds. The van der Waals surface area contributed by atoms with Crippen LogP contribution in [0.1, 0.15) is 13.8 Å². The summed E-state index contributed by atoms with van der Waals surface area (Å²) in [6, 6.07) is 7.62. The molecule has 1 unspecified atom stereocenters. The van der Waals surface area contributed by atoms with Crippen LogP contribution in [0.4, 0.5) is 5.82 Å². The maximum absolute atomic E-state index is 8.82. The quantitative estimate of drug-likeness (QED) is 0.764. The van der Waals surface area contributed by atoms with Crippen LogP contribution in [-0.2, 0) is 0 Å². The summed E-state index contributed by atoms with van der Waals surface area (Å²) < 4.78 is 0. The van der Waals surface area contributed by atoms with E-state index in [1.54, 1.807) is 6.20 Å². The number of aromatic nitrogens is 1. The molecule has 3 heteroatoms. The van der Waals surface area contributed by atoms with Gasteiger partial charge in [0.25, 0.3) is 0 Å². The standard InChI is InChI=1S/C10H13N3/c1-8(2)9(7-11)13-10-5-3-4-6-12-10/h3-6,8-9H,1-2H3,(H,12,13). The molecule has 0 saturated carbocycles.